The first-order chi connectivity index (χ1) is 14.9. The van der Waals surface area contributed by atoms with Gasteiger partial charge in [-0.1, -0.05) is 112 Å². The summed E-state index contributed by atoms with van der Waals surface area (Å²) in [5, 5.41) is 10.1. The first-order valence-corrected chi connectivity index (χ1v) is 10.6. The van der Waals surface area contributed by atoms with E-state index in [1.807, 2.05) is 112 Å². The Morgan fingerprint density at radius 1 is 0.839 bits per heavy atom. The zero-order valence-electron chi connectivity index (χ0n) is 18.3. The van der Waals surface area contributed by atoms with Gasteiger partial charge >= 0.3 is 0 Å². The fourth-order valence-electron chi connectivity index (χ4n) is 3.47. The molecule has 0 aromatic heterocycles. The Morgan fingerprint density at radius 3 is 1.71 bits per heavy atom. The molecule has 0 bridgehead atoms. The molecule has 3 rings (SSSR count). The fraction of sp³-hybridized carbons (Fsp3) is 0.250. The van der Waals surface area contributed by atoms with Gasteiger partial charge in [0.2, 0.25) is 0 Å². The molecular weight excluding hydrogens is 380 g/mol. The third-order valence-electron chi connectivity index (χ3n) is 5.35. The quantitative estimate of drug-likeness (QED) is 0.437. The van der Waals surface area contributed by atoms with Crippen LogP contribution < -0.4 is 0 Å². The van der Waals surface area contributed by atoms with Crippen molar-refractivity contribution in [1.82, 2.24) is 0 Å². The molecule has 31 heavy (non-hydrogen) atoms. The molecule has 0 unspecified atom stereocenters. The van der Waals surface area contributed by atoms with E-state index in [1.54, 1.807) is 0 Å². The molecule has 156 valence electrons. The lowest BCUT2D eigenvalue weighted by atomic mass is 9.80. The minimum absolute atomic E-state index is 0.123. The zero-order chi connectivity index (χ0) is 22.3. The van der Waals surface area contributed by atoms with Crippen molar-refractivity contribution < 1.29 is 4.79 Å². The van der Waals surface area contributed by atoms with E-state index in [9.17, 15) is 10.1 Å². The molecule has 2 atom stereocenters. The molecule has 3 nitrogen and oxygen atoms in total. The molecule has 0 aliphatic heterocycles. The van der Waals surface area contributed by atoms with E-state index < -0.39 is 11.5 Å². The lowest BCUT2D eigenvalue weighted by Crippen LogP contribution is -2.27. The van der Waals surface area contributed by atoms with Crippen molar-refractivity contribution in [3.63, 3.8) is 0 Å². The molecule has 0 spiro atoms. The van der Waals surface area contributed by atoms with Crippen LogP contribution in [0.5, 0.6) is 0 Å². The third kappa shape index (κ3) is 5.77. The SMILES string of the molecule is CC(C)(C)C(=O)C[C@H](c1ccccc1)[C@H](C#N)N=C(c1ccccc1)c1ccccc1. The summed E-state index contributed by atoms with van der Waals surface area (Å²) in [7, 11) is 0. The van der Waals surface area contributed by atoms with E-state index in [-0.39, 0.29) is 18.1 Å². The van der Waals surface area contributed by atoms with Crippen LogP contribution in [0, 0.1) is 16.7 Å². The Balaban J connectivity index is 2.10. The largest absolute Gasteiger partial charge is 0.299 e. The number of nitriles is 1. The molecule has 0 aliphatic rings. The van der Waals surface area contributed by atoms with Gasteiger partial charge in [0.1, 0.15) is 11.8 Å². The molecule has 0 amide bonds. The second kappa shape index (κ2) is 10.00. The summed E-state index contributed by atoms with van der Waals surface area (Å²) < 4.78 is 0. The Labute approximate surface area is 185 Å². The van der Waals surface area contributed by atoms with Gasteiger partial charge in [-0.15, -0.1) is 0 Å². The van der Waals surface area contributed by atoms with Crippen LogP contribution >= 0.6 is 0 Å². The highest BCUT2D eigenvalue weighted by molar-refractivity contribution is 6.13. The minimum atomic E-state index is -0.691. The molecule has 0 radical (unpaired) electrons. The average Bonchev–Trinajstić information content (AvgIpc) is 2.79. The van der Waals surface area contributed by atoms with E-state index in [2.05, 4.69) is 6.07 Å². The molecular formula is C28H28N2O. The van der Waals surface area contributed by atoms with Crippen molar-refractivity contribution in [2.75, 3.05) is 0 Å². The van der Waals surface area contributed by atoms with Crippen LogP contribution in [0.2, 0.25) is 0 Å². The molecule has 0 N–H and O–H groups in total. The van der Waals surface area contributed by atoms with Crippen LogP contribution in [-0.4, -0.2) is 17.5 Å². The first kappa shape index (κ1) is 22.2. The van der Waals surface area contributed by atoms with Gasteiger partial charge in [0.25, 0.3) is 0 Å². The van der Waals surface area contributed by atoms with E-state index in [4.69, 9.17) is 4.99 Å². The number of benzene rings is 3. The lowest BCUT2D eigenvalue weighted by Gasteiger charge is -2.24. The number of nitrogens with zero attached hydrogens (tertiary/aromatic N) is 2. The number of Topliss-reactive ketones (excluding diaryl/α,β-unsaturated/α-hetero) is 1. The fourth-order valence-corrected chi connectivity index (χ4v) is 3.47. The van der Waals surface area contributed by atoms with E-state index in [0.717, 1.165) is 22.4 Å². The van der Waals surface area contributed by atoms with Crippen molar-refractivity contribution >= 4 is 11.5 Å². The first-order valence-electron chi connectivity index (χ1n) is 10.6. The normalized spacial score (nSPS) is 13.0. The van der Waals surface area contributed by atoms with Crippen LogP contribution in [0.15, 0.2) is 96.0 Å². The van der Waals surface area contributed by atoms with Crippen molar-refractivity contribution in [2.24, 2.45) is 10.4 Å². The summed E-state index contributed by atoms with van der Waals surface area (Å²) in [4.78, 5) is 17.9. The molecule has 0 saturated heterocycles. The Kier molecular flexibility index (Phi) is 7.15. The van der Waals surface area contributed by atoms with Crippen LogP contribution in [0.25, 0.3) is 0 Å². The third-order valence-corrected chi connectivity index (χ3v) is 5.35. The maximum absolute atomic E-state index is 12.9. The highest BCUT2D eigenvalue weighted by atomic mass is 16.1. The summed E-state index contributed by atoms with van der Waals surface area (Å²) in [5.41, 5.74) is 3.14. The van der Waals surface area contributed by atoms with Gasteiger partial charge in [0.05, 0.1) is 11.8 Å². The number of hydrogen-bond acceptors (Lipinski definition) is 3. The van der Waals surface area contributed by atoms with Crippen molar-refractivity contribution in [3.8, 4) is 6.07 Å². The predicted octanol–water partition coefficient (Wildman–Crippen LogP) is 6.21. The Hall–Kier alpha value is -3.51. The molecule has 0 heterocycles. The van der Waals surface area contributed by atoms with Gasteiger partial charge in [-0.25, -0.2) is 0 Å². The standard InChI is InChI=1S/C28H28N2O/c1-28(2,3)26(31)19-24(21-13-7-4-8-14-21)25(20-29)30-27(22-15-9-5-10-16-22)23-17-11-6-12-18-23/h4-18,24-25H,19H2,1-3H3/t24-,25+/m1/s1. The van der Waals surface area contributed by atoms with Crippen molar-refractivity contribution in [3.05, 3.63) is 108 Å². The summed E-state index contributed by atoms with van der Waals surface area (Å²) in [6, 6.07) is 31.3. The van der Waals surface area contributed by atoms with Gasteiger partial charge in [-0.3, -0.25) is 9.79 Å². The van der Waals surface area contributed by atoms with E-state index in [1.165, 1.54) is 0 Å². The monoisotopic (exact) mass is 408 g/mol. The van der Waals surface area contributed by atoms with E-state index >= 15 is 0 Å². The second-order valence-corrected chi connectivity index (χ2v) is 8.68. The lowest BCUT2D eigenvalue weighted by molar-refractivity contribution is -0.126. The molecule has 3 aromatic carbocycles. The summed E-state index contributed by atoms with van der Waals surface area (Å²) >= 11 is 0. The van der Waals surface area contributed by atoms with Crippen molar-refractivity contribution in [1.29, 1.82) is 5.26 Å². The number of carbonyl (C=O) groups excluding carboxylic acids is 1. The van der Waals surface area contributed by atoms with Crippen molar-refractivity contribution in [2.45, 2.75) is 39.2 Å². The zero-order valence-corrected chi connectivity index (χ0v) is 18.3. The topological polar surface area (TPSA) is 53.2 Å². The number of hydrogen-bond donors (Lipinski definition) is 0. The average molecular weight is 409 g/mol. The Morgan fingerprint density at radius 2 is 1.29 bits per heavy atom. The van der Waals surface area contributed by atoms with Gasteiger partial charge in [0.15, 0.2) is 0 Å². The summed E-state index contributed by atoms with van der Waals surface area (Å²) in [6.07, 6.45) is 0.270. The van der Waals surface area contributed by atoms with Gasteiger partial charge in [-0.05, 0) is 5.56 Å². The van der Waals surface area contributed by atoms with Gasteiger partial charge in [0, 0.05) is 28.9 Å². The minimum Gasteiger partial charge on any atom is -0.299 e. The number of aliphatic imine (C=N–C) groups is 1. The summed E-state index contributed by atoms with van der Waals surface area (Å²) in [5.74, 6) is -0.196. The van der Waals surface area contributed by atoms with Gasteiger partial charge < -0.3 is 0 Å². The Bertz CT molecular complexity index is 1020. The van der Waals surface area contributed by atoms with E-state index in [0.29, 0.717) is 0 Å². The molecule has 3 heteroatoms. The highest BCUT2D eigenvalue weighted by Gasteiger charge is 2.31. The van der Waals surface area contributed by atoms with Crippen LogP contribution in [-0.2, 0) is 4.79 Å². The smallest absolute Gasteiger partial charge is 0.144 e. The predicted molar refractivity (Wildman–Crippen MR) is 126 cm³/mol. The highest BCUT2D eigenvalue weighted by Crippen LogP contribution is 2.31. The maximum atomic E-state index is 12.9. The number of carbonyl (C=O) groups is 1. The van der Waals surface area contributed by atoms with Crippen LogP contribution in [0.3, 0.4) is 0 Å². The number of rotatable bonds is 7. The maximum Gasteiger partial charge on any atom is 0.144 e. The van der Waals surface area contributed by atoms with Crippen LogP contribution in [0.4, 0.5) is 0 Å². The molecule has 3 aromatic rings. The van der Waals surface area contributed by atoms with Crippen LogP contribution in [0.1, 0.15) is 49.8 Å². The van der Waals surface area contributed by atoms with Gasteiger partial charge in [-0.2, -0.15) is 5.26 Å². The second-order valence-electron chi connectivity index (χ2n) is 8.68. The summed E-state index contributed by atoms with van der Waals surface area (Å²) in [6.45, 7) is 5.75. The molecule has 0 fully saturated rings. The molecule has 0 aliphatic carbocycles. The molecule has 0 saturated carbocycles. The number of ketones is 1.